The zero-order chi connectivity index (χ0) is 17.9. The van der Waals surface area contributed by atoms with Crippen molar-refractivity contribution < 1.29 is 14.3 Å². The number of ether oxygens (including phenoxy) is 2. The first kappa shape index (κ1) is 16.5. The quantitative estimate of drug-likeness (QED) is 0.688. The minimum atomic E-state index is -0.147. The van der Waals surface area contributed by atoms with Crippen LogP contribution < -0.4 is 14.8 Å². The number of halogens is 1. The minimum absolute atomic E-state index is 0.147. The number of nitrogens with one attached hydrogen (secondary N) is 1. The number of aromatic nitrogens is 4. The van der Waals surface area contributed by atoms with E-state index in [4.69, 9.17) is 9.47 Å². The molecule has 9 heteroatoms. The van der Waals surface area contributed by atoms with Crippen molar-refractivity contribution in [2.24, 2.45) is 0 Å². The van der Waals surface area contributed by atoms with Crippen molar-refractivity contribution in [3.8, 4) is 22.9 Å². The number of hydrogen-bond acceptors (Lipinski definition) is 6. The van der Waals surface area contributed by atoms with Crippen LogP contribution in [0, 0.1) is 0 Å². The Kier molecular flexibility index (Phi) is 4.53. The summed E-state index contributed by atoms with van der Waals surface area (Å²) in [4.78, 5) is 13.5. The number of aryl methyl sites for hydroxylation is 1. The van der Waals surface area contributed by atoms with Gasteiger partial charge in [0.05, 0.1) is 6.54 Å². The molecule has 2 aromatic carbocycles. The average molecular weight is 416 g/mol. The maximum absolute atomic E-state index is 12.1. The molecule has 0 aliphatic carbocycles. The highest BCUT2D eigenvalue weighted by molar-refractivity contribution is 9.10. The maximum Gasteiger partial charge on any atom is 0.231 e. The zero-order valence-electron chi connectivity index (χ0n) is 13.6. The third-order valence-electron chi connectivity index (χ3n) is 3.75. The topological polar surface area (TPSA) is 91.2 Å². The summed E-state index contributed by atoms with van der Waals surface area (Å²) in [6, 6.07) is 12.9. The lowest BCUT2D eigenvalue weighted by Gasteiger charge is -2.05. The summed E-state index contributed by atoms with van der Waals surface area (Å²) in [5, 5.41) is 15.1. The highest BCUT2D eigenvalue weighted by Gasteiger charge is 2.14. The van der Waals surface area contributed by atoms with Crippen LogP contribution >= 0.6 is 15.9 Å². The Morgan fingerprint density at radius 3 is 2.81 bits per heavy atom. The van der Waals surface area contributed by atoms with Gasteiger partial charge in [0, 0.05) is 28.2 Å². The summed E-state index contributed by atoms with van der Waals surface area (Å²) < 4.78 is 11.5. The van der Waals surface area contributed by atoms with Crippen LogP contribution in [-0.4, -0.2) is 32.9 Å². The number of benzene rings is 2. The number of anilines is 1. The van der Waals surface area contributed by atoms with Gasteiger partial charge in [-0.15, -0.1) is 10.2 Å². The molecule has 26 heavy (non-hydrogen) atoms. The van der Waals surface area contributed by atoms with Gasteiger partial charge in [-0.2, -0.15) is 4.80 Å². The van der Waals surface area contributed by atoms with Crippen LogP contribution in [0.3, 0.4) is 0 Å². The van der Waals surface area contributed by atoms with E-state index in [0.29, 0.717) is 29.6 Å². The van der Waals surface area contributed by atoms with Crippen LogP contribution in [0.5, 0.6) is 11.5 Å². The number of fused-ring (bicyclic) bond motifs is 1. The maximum atomic E-state index is 12.1. The predicted octanol–water partition coefficient (Wildman–Crippen LogP) is 2.86. The molecule has 0 radical (unpaired) electrons. The molecule has 0 spiro atoms. The standard InChI is InChI=1S/C17H14BrN5O3/c18-12-3-1-11(2-4-12)17-20-22-23(21-17)8-7-16(24)19-13-5-6-14-15(9-13)26-10-25-14/h1-6,9H,7-8,10H2,(H,19,24). The van der Waals surface area contributed by atoms with Gasteiger partial charge in [-0.3, -0.25) is 4.79 Å². The fourth-order valence-electron chi connectivity index (χ4n) is 2.45. The van der Waals surface area contributed by atoms with Gasteiger partial charge in [0.1, 0.15) is 0 Å². The van der Waals surface area contributed by atoms with E-state index >= 15 is 0 Å². The molecule has 2 heterocycles. The Morgan fingerprint density at radius 2 is 1.96 bits per heavy atom. The van der Waals surface area contributed by atoms with E-state index in [0.717, 1.165) is 10.0 Å². The second-order valence-electron chi connectivity index (χ2n) is 5.58. The molecule has 0 atom stereocenters. The minimum Gasteiger partial charge on any atom is -0.454 e. The van der Waals surface area contributed by atoms with Gasteiger partial charge < -0.3 is 14.8 Å². The van der Waals surface area contributed by atoms with Gasteiger partial charge >= 0.3 is 0 Å². The molecule has 132 valence electrons. The van der Waals surface area contributed by atoms with Crippen LogP contribution in [0.25, 0.3) is 11.4 Å². The normalized spacial score (nSPS) is 12.2. The largest absolute Gasteiger partial charge is 0.454 e. The molecule has 1 aliphatic heterocycles. The molecule has 0 saturated carbocycles. The molecule has 0 unspecified atom stereocenters. The first-order chi connectivity index (χ1) is 12.7. The van der Waals surface area contributed by atoms with Crippen LogP contribution in [0.4, 0.5) is 5.69 Å². The molecule has 0 saturated heterocycles. The van der Waals surface area contributed by atoms with Crippen molar-refractivity contribution in [2.75, 3.05) is 12.1 Å². The van der Waals surface area contributed by atoms with E-state index in [1.54, 1.807) is 18.2 Å². The third-order valence-corrected chi connectivity index (χ3v) is 4.28. The molecule has 3 aromatic rings. The molecular weight excluding hydrogens is 402 g/mol. The highest BCUT2D eigenvalue weighted by Crippen LogP contribution is 2.34. The average Bonchev–Trinajstić information content (AvgIpc) is 3.29. The van der Waals surface area contributed by atoms with Crippen LogP contribution in [0.1, 0.15) is 6.42 Å². The van der Waals surface area contributed by atoms with E-state index in [9.17, 15) is 4.79 Å². The van der Waals surface area contributed by atoms with Gasteiger partial charge in [0.15, 0.2) is 11.5 Å². The summed E-state index contributed by atoms with van der Waals surface area (Å²) in [5.41, 5.74) is 1.52. The molecule has 1 amide bonds. The van der Waals surface area contributed by atoms with Crippen LogP contribution in [-0.2, 0) is 11.3 Å². The van der Waals surface area contributed by atoms with E-state index in [1.807, 2.05) is 24.3 Å². The smallest absolute Gasteiger partial charge is 0.231 e. The van der Waals surface area contributed by atoms with Crippen molar-refractivity contribution in [3.05, 3.63) is 46.9 Å². The fraction of sp³-hybridized carbons (Fsp3) is 0.176. The van der Waals surface area contributed by atoms with Crippen molar-refractivity contribution >= 4 is 27.5 Å². The van der Waals surface area contributed by atoms with Gasteiger partial charge in [0.25, 0.3) is 0 Å². The Labute approximate surface area is 157 Å². The molecule has 1 aromatic heterocycles. The highest BCUT2D eigenvalue weighted by atomic mass is 79.9. The summed E-state index contributed by atoms with van der Waals surface area (Å²) in [6.07, 6.45) is 0.227. The van der Waals surface area contributed by atoms with E-state index < -0.39 is 0 Å². The molecular formula is C17H14BrN5O3. The second-order valence-corrected chi connectivity index (χ2v) is 6.50. The molecule has 1 N–H and O–H groups in total. The Bertz CT molecular complexity index is 942. The van der Waals surface area contributed by atoms with E-state index in [2.05, 4.69) is 36.7 Å². The monoisotopic (exact) mass is 415 g/mol. The van der Waals surface area contributed by atoms with E-state index in [-0.39, 0.29) is 19.1 Å². The first-order valence-electron chi connectivity index (χ1n) is 7.91. The SMILES string of the molecule is O=C(CCn1nnc(-c2ccc(Br)cc2)n1)Nc1ccc2c(c1)OCO2. The predicted molar refractivity (Wildman–Crippen MR) is 96.8 cm³/mol. The summed E-state index contributed by atoms with van der Waals surface area (Å²) in [5.74, 6) is 1.68. The van der Waals surface area contributed by atoms with Gasteiger partial charge in [-0.1, -0.05) is 15.9 Å². The number of rotatable bonds is 5. The van der Waals surface area contributed by atoms with Crippen molar-refractivity contribution in [1.82, 2.24) is 20.2 Å². The number of nitrogens with zero attached hydrogens (tertiary/aromatic N) is 4. The van der Waals surface area contributed by atoms with Crippen LogP contribution in [0.2, 0.25) is 0 Å². The lowest BCUT2D eigenvalue weighted by molar-refractivity contribution is -0.116. The van der Waals surface area contributed by atoms with Crippen LogP contribution in [0.15, 0.2) is 46.9 Å². The summed E-state index contributed by atoms with van der Waals surface area (Å²) in [7, 11) is 0. The lowest BCUT2D eigenvalue weighted by atomic mass is 10.2. The third kappa shape index (κ3) is 3.67. The fourth-order valence-corrected chi connectivity index (χ4v) is 2.72. The van der Waals surface area contributed by atoms with Crippen molar-refractivity contribution in [3.63, 3.8) is 0 Å². The van der Waals surface area contributed by atoms with Gasteiger partial charge in [-0.05, 0) is 41.6 Å². The molecule has 4 rings (SSSR count). The number of amides is 1. The van der Waals surface area contributed by atoms with Gasteiger partial charge in [-0.25, -0.2) is 0 Å². The van der Waals surface area contributed by atoms with Gasteiger partial charge in [0.2, 0.25) is 18.5 Å². The Hall–Kier alpha value is -2.94. The number of carbonyl (C=O) groups excluding carboxylic acids is 1. The number of hydrogen-bond donors (Lipinski definition) is 1. The molecule has 0 bridgehead atoms. The van der Waals surface area contributed by atoms with Crippen molar-refractivity contribution in [1.29, 1.82) is 0 Å². The number of carbonyl (C=O) groups is 1. The summed E-state index contributed by atoms with van der Waals surface area (Å²) >= 11 is 3.39. The molecule has 8 nitrogen and oxygen atoms in total. The second kappa shape index (κ2) is 7.12. The van der Waals surface area contributed by atoms with Crippen molar-refractivity contribution in [2.45, 2.75) is 13.0 Å². The number of tetrazole rings is 1. The first-order valence-corrected chi connectivity index (χ1v) is 8.70. The van der Waals surface area contributed by atoms with E-state index in [1.165, 1.54) is 4.80 Å². The zero-order valence-corrected chi connectivity index (χ0v) is 15.1. The summed E-state index contributed by atoms with van der Waals surface area (Å²) in [6.45, 7) is 0.533. The molecule has 1 aliphatic rings. The molecule has 0 fully saturated rings. The Morgan fingerprint density at radius 1 is 1.15 bits per heavy atom. The lowest BCUT2D eigenvalue weighted by Crippen LogP contribution is -2.15. The Balaban J connectivity index is 1.34.